The Hall–Kier alpha value is -1.11. The third-order valence-corrected chi connectivity index (χ3v) is 3.37. The van der Waals surface area contributed by atoms with Gasteiger partial charge < -0.3 is 24.7 Å². The SMILES string of the molecule is COCCn1cc(C)nc1N1CCOC(C(C)N)C1. The first-order valence-electron chi connectivity index (χ1n) is 6.76. The van der Waals surface area contributed by atoms with Crippen LogP contribution < -0.4 is 10.6 Å². The highest BCUT2D eigenvalue weighted by Crippen LogP contribution is 2.18. The molecule has 2 N–H and O–H groups in total. The van der Waals surface area contributed by atoms with Crippen molar-refractivity contribution in [2.75, 3.05) is 38.3 Å². The number of morpholine rings is 1. The van der Waals surface area contributed by atoms with Crippen LogP contribution in [0.5, 0.6) is 0 Å². The molecule has 0 aliphatic carbocycles. The van der Waals surface area contributed by atoms with Crippen molar-refractivity contribution in [2.45, 2.75) is 32.5 Å². The van der Waals surface area contributed by atoms with Gasteiger partial charge in [-0.05, 0) is 13.8 Å². The zero-order valence-corrected chi connectivity index (χ0v) is 12.0. The highest BCUT2D eigenvalue weighted by Gasteiger charge is 2.26. The van der Waals surface area contributed by atoms with Crippen LogP contribution in [-0.4, -0.2) is 55.1 Å². The minimum absolute atomic E-state index is 0.0336. The standard InChI is InChI=1S/C13H24N4O2/c1-10-8-16(4-6-18-3)13(15-10)17-5-7-19-12(9-17)11(2)14/h8,11-12H,4-7,9,14H2,1-3H3. The summed E-state index contributed by atoms with van der Waals surface area (Å²) >= 11 is 0. The molecular weight excluding hydrogens is 244 g/mol. The smallest absolute Gasteiger partial charge is 0.205 e. The summed E-state index contributed by atoms with van der Waals surface area (Å²) in [5, 5.41) is 0. The molecular formula is C13H24N4O2. The summed E-state index contributed by atoms with van der Waals surface area (Å²) in [4.78, 5) is 6.87. The molecule has 0 saturated carbocycles. The molecule has 6 nitrogen and oxygen atoms in total. The van der Waals surface area contributed by atoms with E-state index < -0.39 is 0 Å². The number of anilines is 1. The maximum atomic E-state index is 5.93. The number of nitrogens with zero attached hydrogens (tertiary/aromatic N) is 3. The minimum atomic E-state index is 0.0336. The van der Waals surface area contributed by atoms with Gasteiger partial charge in [-0.2, -0.15) is 0 Å². The topological polar surface area (TPSA) is 65.5 Å². The summed E-state index contributed by atoms with van der Waals surface area (Å²) in [6.45, 7) is 7.83. The Bertz CT molecular complexity index is 405. The molecule has 2 atom stereocenters. The Balaban J connectivity index is 2.11. The number of methoxy groups -OCH3 is 1. The van der Waals surface area contributed by atoms with Crippen molar-refractivity contribution in [3.8, 4) is 0 Å². The molecule has 1 aliphatic heterocycles. The van der Waals surface area contributed by atoms with Crippen LogP contribution in [0.1, 0.15) is 12.6 Å². The molecule has 19 heavy (non-hydrogen) atoms. The monoisotopic (exact) mass is 268 g/mol. The number of ether oxygens (including phenoxy) is 2. The number of imidazole rings is 1. The molecule has 0 amide bonds. The number of hydrogen-bond acceptors (Lipinski definition) is 5. The highest BCUT2D eigenvalue weighted by atomic mass is 16.5. The number of hydrogen-bond donors (Lipinski definition) is 1. The van der Waals surface area contributed by atoms with Crippen molar-refractivity contribution in [1.29, 1.82) is 0 Å². The van der Waals surface area contributed by atoms with Crippen molar-refractivity contribution >= 4 is 5.95 Å². The van der Waals surface area contributed by atoms with Gasteiger partial charge in [0.25, 0.3) is 0 Å². The van der Waals surface area contributed by atoms with Gasteiger partial charge in [0, 0.05) is 39.0 Å². The van der Waals surface area contributed by atoms with Gasteiger partial charge in [0.1, 0.15) is 0 Å². The molecule has 2 rings (SSSR count). The Morgan fingerprint density at radius 2 is 2.42 bits per heavy atom. The number of nitrogens with two attached hydrogens (primary N) is 1. The zero-order chi connectivity index (χ0) is 13.8. The van der Waals surface area contributed by atoms with E-state index in [1.54, 1.807) is 7.11 Å². The number of aryl methyl sites for hydroxylation is 1. The lowest BCUT2D eigenvalue weighted by molar-refractivity contribution is 0.0268. The van der Waals surface area contributed by atoms with Gasteiger partial charge >= 0.3 is 0 Å². The van der Waals surface area contributed by atoms with Crippen molar-refractivity contribution < 1.29 is 9.47 Å². The molecule has 1 aromatic heterocycles. The van der Waals surface area contributed by atoms with Crippen molar-refractivity contribution in [1.82, 2.24) is 9.55 Å². The third-order valence-electron chi connectivity index (χ3n) is 3.37. The fourth-order valence-electron chi connectivity index (χ4n) is 2.32. The fourth-order valence-corrected chi connectivity index (χ4v) is 2.32. The Labute approximate surface area is 114 Å². The second-order valence-electron chi connectivity index (χ2n) is 5.08. The summed E-state index contributed by atoms with van der Waals surface area (Å²) in [5.74, 6) is 0.989. The summed E-state index contributed by atoms with van der Waals surface area (Å²) in [7, 11) is 1.71. The lowest BCUT2D eigenvalue weighted by atomic mass is 10.1. The summed E-state index contributed by atoms with van der Waals surface area (Å²) in [6.07, 6.45) is 2.13. The molecule has 108 valence electrons. The van der Waals surface area contributed by atoms with E-state index in [2.05, 4.69) is 20.6 Å². The maximum Gasteiger partial charge on any atom is 0.205 e. The van der Waals surface area contributed by atoms with Crippen LogP contribution in [0.3, 0.4) is 0 Å². The van der Waals surface area contributed by atoms with Gasteiger partial charge in [-0.3, -0.25) is 0 Å². The molecule has 1 aromatic rings. The van der Waals surface area contributed by atoms with Crippen LogP contribution in [0, 0.1) is 6.92 Å². The Morgan fingerprint density at radius 1 is 1.63 bits per heavy atom. The first-order chi connectivity index (χ1) is 9.11. The van der Waals surface area contributed by atoms with Gasteiger partial charge in [-0.25, -0.2) is 4.98 Å². The van der Waals surface area contributed by atoms with E-state index >= 15 is 0 Å². The van der Waals surface area contributed by atoms with Gasteiger partial charge in [0.2, 0.25) is 5.95 Å². The molecule has 6 heteroatoms. The van der Waals surface area contributed by atoms with Crippen molar-refractivity contribution in [2.24, 2.45) is 5.73 Å². The van der Waals surface area contributed by atoms with Crippen LogP contribution in [0.2, 0.25) is 0 Å². The van der Waals surface area contributed by atoms with E-state index in [4.69, 9.17) is 15.2 Å². The molecule has 0 spiro atoms. The predicted molar refractivity (Wildman–Crippen MR) is 74.4 cm³/mol. The first-order valence-corrected chi connectivity index (χ1v) is 6.76. The first kappa shape index (κ1) is 14.3. The molecule has 2 heterocycles. The average molecular weight is 268 g/mol. The molecule has 0 bridgehead atoms. The minimum Gasteiger partial charge on any atom is -0.383 e. The van der Waals surface area contributed by atoms with Crippen LogP contribution in [-0.2, 0) is 16.0 Å². The van der Waals surface area contributed by atoms with E-state index in [1.165, 1.54) is 0 Å². The summed E-state index contributed by atoms with van der Waals surface area (Å²) in [6, 6.07) is 0.0336. The summed E-state index contributed by atoms with van der Waals surface area (Å²) < 4.78 is 13.0. The van der Waals surface area contributed by atoms with Gasteiger partial charge in [0.05, 0.1) is 25.0 Å². The van der Waals surface area contributed by atoms with E-state index in [-0.39, 0.29) is 12.1 Å². The van der Waals surface area contributed by atoms with E-state index in [0.29, 0.717) is 13.2 Å². The number of rotatable bonds is 5. The van der Waals surface area contributed by atoms with Crippen molar-refractivity contribution in [3.63, 3.8) is 0 Å². The van der Waals surface area contributed by atoms with Crippen LogP contribution in [0.25, 0.3) is 0 Å². The quantitative estimate of drug-likeness (QED) is 0.837. The van der Waals surface area contributed by atoms with E-state index in [1.807, 2.05) is 13.8 Å². The Morgan fingerprint density at radius 3 is 3.11 bits per heavy atom. The lowest BCUT2D eigenvalue weighted by Gasteiger charge is -2.35. The molecule has 0 aromatic carbocycles. The van der Waals surface area contributed by atoms with Gasteiger partial charge in [-0.1, -0.05) is 0 Å². The predicted octanol–water partition coefficient (Wildman–Crippen LogP) is 0.390. The van der Waals surface area contributed by atoms with Crippen molar-refractivity contribution in [3.05, 3.63) is 11.9 Å². The maximum absolute atomic E-state index is 5.93. The van der Waals surface area contributed by atoms with Gasteiger partial charge in [0.15, 0.2) is 0 Å². The average Bonchev–Trinajstić information content (AvgIpc) is 2.77. The van der Waals surface area contributed by atoms with Gasteiger partial charge in [-0.15, -0.1) is 0 Å². The molecule has 1 fully saturated rings. The fraction of sp³-hybridized carbons (Fsp3) is 0.769. The Kier molecular flexibility index (Phi) is 4.79. The number of aromatic nitrogens is 2. The van der Waals surface area contributed by atoms with Crippen LogP contribution >= 0.6 is 0 Å². The second-order valence-corrected chi connectivity index (χ2v) is 5.08. The zero-order valence-electron chi connectivity index (χ0n) is 12.0. The molecule has 2 unspecified atom stereocenters. The largest absolute Gasteiger partial charge is 0.383 e. The van der Waals surface area contributed by atoms with Crippen LogP contribution in [0.15, 0.2) is 6.20 Å². The summed E-state index contributed by atoms with van der Waals surface area (Å²) in [5.41, 5.74) is 6.96. The van der Waals surface area contributed by atoms with E-state index in [9.17, 15) is 0 Å². The highest BCUT2D eigenvalue weighted by molar-refractivity contribution is 5.34. The molecule has 1 saturated heterocycles. The second kappa shape index (κ2) is 6.36. The van der Waals surface area contributed by atoms with Crippen LogP contribution in [0.4, 0.5) is 5.95 Å². The molecule has 0 radical (unpaired) electrons. The lowest BCUT2D eigenvalue weighted by Crippen LogP contribution is -2.50. The third kappa shape index (κ3) is 3.46. The van der Waals surface area contributed by atoms with E-state index in [0.717, 1.165) is 31.3 Å². The normalized spacial score (nSPS) is 21.7. The molecule has 1 aliphatic rings.